The minimum absolute atomic E-state index is 0.0206. The number of nitrogens with one attached hydrogen (secondary N) is 1. The van der Waals surface area contributed by atoms with Crippen LogP contribution in [0.5, 0.6) is 0 Å². The number of aromatic nitrogens is 6. The number of unbranched alkanes of at least 4 members (excludes halogenated alkanes) is 1. The number of aromatic amines is 1. The van der Waals surface area contributed by atoms with Crippen molar-refractivity contribution in [3.63, 3.8) is 0 Å². The summed E-state index contributed by atoms with van der Waals surface area (Å²) in [6.07, 6.45) is 3.23. The molecule has 0 spiro atoms. The van der Waals surface area contributed by atoms with E-state index in [9.17, 15) is 9.59 Å². The summed E-state index contributed by atoms with van der Waals surface area (Å²) in [6.45, 7) is 4.41. The number of rotatable bonds is 9. The maximum absolute atomic E-state index is 14.1. The maximum Gasteiger partial charge on any atom is 0.439 e. The molecule has 0 aliphatic heterocycles. The molecule has 0 saturated heterocycles. The van der Waals surface area contributed by atoms with Gasteiger partial charge in [0.15, 0.2) is 5.82 Å². The highest BCUT2D eigenvalue weighted by Gasteiger charge is 2.18. The topological polar surface area (TPSA) is 112 Å². The molecule has 0 unspecified atom stereocenters. The van der Waals surface area contributed by atoms with Crippen LogP contribution in [0.15, 0.2) is 86.9 Å². The second-order valence-electron chi connectivity index (χ2n) is 10.5. The van der Waals surface area contributed by atoms with Crippen molar-refractivity contribution in [2.45, 2.75) is 46.1 Å². The van der Waals surface area contributed by atoms with Gasteiger partial charge in [0.25, 0.3) is 5.56 Å². The zero-order chi connectivity index (χ0) is 29.2. The van der Waals surface area contributed by atoms with E-state index in [1.54, 1.807) is 4.57 Å². The van der Waals surface area contributed by atoms with Crippen LogP contribution in [-0.4, -0.2) is 29.5 Å². The summed E-state index contributed by atoms with van der Waals surface area (Å²) in [6, 6.07) is 23.9. The highest BCUT2D eigenvalue weighted by molar-refractivity contribution is 5.82. The molecule has 42 heavy (non-hydrogen) atoms. The van der Waals surface area contributed by atoms with E-state index in [0.29, 0.717) is 24.6 Å². The van der Waals surface area contributed by atoms with Gasteiger partial charge in [0.05, 0.1) is 23.4 Å². The van der Waals surface area contributed by atoms with E-state index >= 15 is 0 Å². The Morgan fingerprint density at radius 1 is 0.905 bits per heavy atom. The molecular formula is C33H32N6O3. The van der Waals surface area contributed by atoms with Gasteiger partial charge in [-0.2, -0.15) is 5.10 Å². The third-order valence-corrected chi connectivity index (χ3v) is 7.72. The van der Waals surface area contributed by atoms with Gasteiger partial charge in [0.2, 0.25) is 0 Å². The smallest absolute Gasteiger partial charge is 0.296 e. The summed E-state index contributed by atoms with van der Waals surface area (Å²) < 4.78 is 8.33. The molecule has 0 bridgehead atoms. The van der Waals surface area contributed by atoms with Gasteiger partial charge < -0.3 is 0 Å². The quantitative estimate of drug-likeness (QED) is 0.252. The Kier molecular flexibility index (Phi) is 7.39. The van der Waals surface area contributed by atoms with Gasteiger partial charge in [0, 0.05) is 30.0 Å². The molecule has 0 fully saturated rings. The van der Waals surface area contributed by atoms with Gasteiger partial charge in [-0.1, -0.05) is 85.2 Å². The number of benzene rings is 3. The van der Waals surface area contributed by atoms with Crippen molar-refractivity contribution in [2.24, 2.45) is 7.05 Å². The van der Waals surface area contributed by atoms with Gasteiger partial charge in [0.1, 0.15) is 5.82 Å². The highest BCUT2D eigenvalue weighted by Crippen LogP contribution is 2.30. The number of fused-ring (bicyclic) bond motifs is 1. The fourth-order valence-electron chi connectivity index (χ4n) is 5.52. The van der Waals surface area contributed by atoms with E-state index in [0.717, 1.165) is 69.4 Å². The molecule has 1 N–H and O–H groups in total. The predicted octanol–water partition coefficient (Wildman–Crippen LogP) is 5.43. The van der Waals surface area contributed by atoms with Crippen LogP contribution >= 0.6 is 0 Å². The molecule has 9 nitrogen and oxygen atoms in total. The molecule has 0 amide bonds. The van der Waals surface area contributed by atoms with Crippen LogP contribution < -0.4 is 11.3 Å². The van der Waals surface area contributed by atoms with Crippen LogP contribution in [0.4, 0.5) is 0 Å². The van der Waals surface area contributed by atoms with Crippen molar-refractivity contribution in [1.29, 1.82) is 0 Å². The third kappa shape index (κ3) is 5.21. The Morgan fingerprint density at radius 2 is 1.64 bits per heavy atom. The molecule has 0 atom stereocenters. The standard InChI is InChI=1S/C33H32N6O3/c1-4-5-13-28-27(32(40)39(21(2)34-28)20-29-26-12-8-9-14-30(26)38(3)36-29)19-22-15-17-23(18-16-22)24-10-6-7-11-25(24)31-35-33(41)42-37-31/h6-12,14-18H,4-5,13,19-20H2,1-3H3,(H,35,37,41). The first kappa shape index (κ1) is 27.1. The molecule has 6 aromatic rings. The lowest BCUT2D eigenvalue weighted by Crippen LogP contribution is -2.30. The zero-order valence-corrected chi connectivity index (χ0v) is 23.9. The Hall–Kier alpha value is -5.05. The van der Waals surface area contributed by atoms with Crippen LogP contribution in [0.2, 0.25) is 0 Å². The van der Waals surface area contributed by atoms with Gasteiger partial charge in [-0.15, -0.1) is 0 Å². The summed E-state index contributed by atoms with van der Waals surface area (Å²) in [4.78, 5) is 33.2. The molecule has 0 saturated carbocycles. The lowest BCUT2D eigenvalue weighted by Gasteiger charge is -2.15. The maximum atomic E-state index is 14.1. The monoisotopic (exact) mass is 560 g/mol. The minimum Gasteiger partial charge on any atom is -0.296 e. The molecule has 3 heterocycles. The van der Waals surface area contributed by atoms with Crippen LogP contribution in [0, 0.1) is 6.92 Å². The van der Waals surface area contributed by atoms with Gasteiger partial charge in [-0.3, -0.25) is 23.6 Å². The first-order valence-corrected chi connectivity index (χ1v) is 14.2. The largest absolute Gasteiger partial charge is 0.439 e. The summed E-state index contributed by atoms with van der Waals surface area (Å²) in [5.41, 5.74) is 7.12. The zero-order valence-electron chi connectivity index (χ0n) is 23.9. The van der Waals surface area contributed by atoms with Gasteiger partial charge in [-0.05, 0) is 42.5 Å². The van der Waals surface area contributed by atoms with Crippen molar-refractivity contribution in [2.75, 3.05) is 0 Å². The Labute approximate surface area is 242 Å². The minimum atomic E-state index is -0.595. The summed E-state index contributed by atoms with van der Waals surface area (Å²) in [7, 11) is 1.92. The first-order valence-electron chi connectivity index (χ1n) is 14.2. The fourth-order valence-corrected chi connectivity index (χ4v) is 5.52. The van der Waals surface area contributed by atoms with E-state index in [2.05, 4.69) is 17.1 Å². The summed E-state index contributed by atoms with van der Waals surface area (Å²) in [5.74, 6) is 0.484. The van der Waals surface area contributed by atoms with Crippen LogP contribution in [-0.2, 0) is 26.4 Å². The van der Waals surface area contributed by atoms with Gasteiger partial charge in [-0.25, -0.2) is 9.78 Å². The highest BCUT2D eigenvalue weighted by atomic mass is 16.5. The number of para-hydroxylation sites is 1. The lowest BCUT2D eigenvalue weighted by atomic mass is 9.96. The number of H-pyrrole nitrogens is 1. The van der Waals surface area contributed by atoms with E-state index in [4.69, 9.17) is 14.6 Å². The van der Waals surface area contributed by atoms with Crippen LogP contribution in [0.25, 0.3) is 33.4 Å². The summed E-state index contributed by atoms with van der Waals surface area (Å²) >= 11 is 0. The van der Waals surface area contributed by atoms with Crippen LogP contribution in [0.1, 0.15) is 48.1 Å². The predicted molar refractivity (Wildman–Crippen MR) is 162 cm³/mol. The number of hydrogen-bond acceptors (Lipinski definition) is 6. The van der Waals surface area contributed by atoms with Crippen molar-refractivity contribution >= 4 is 10.9 Å². The molecular weight excluding hydrogens is 528 g/mol. The molecule has 6 rings (SSSR count). The van der Waals surface area contributed by atoms with E-state index in [1.807, 2.05) is 91.4 Å². The third-order valence-electron chi connectivity index (χ3n) is 7.72. The van der Waals surface area contributed by atoms with E-state index in [1.165, 1.54) is 0 Å². The summed E-state index contributed by atoms with van der Waals surface area (Å²) in [5, 5.41) is 9.62. The molecule has 212 valence electrons. The van der Waals surface area contributed by atoms with Crippen LogP contribution in [0.3, 0.4) is 0 Å². The Balaban J connectivity index is 1.35. The first-order chi connectivity index (χ1) is 20.4. The van der Waals surface area contributed by atoms with Crippen molar-refractivity contribution < 1.29 is 4.52 Å². The average molecular weight is 561 g/mol. The number of aryl methyl sites for hydroxylation is 3. The second-order valence-corrected chi connectivity index (χ2v) is 10.5. The second kappa shape index (κ2) is 11.4. The van der Waals surface area contributed by atoms with Crippen molar-refractivity contribution in [1.82, 2.24) is 29.5 Å². The molecule has 3 aromatic heterocycles. The SMILES string of the molecule is CCCCc1nc(C)n(Cc2nn(C)c3ccccc23)c(=O)c1Cc1ccc(-c2ccccc2-c2noc(=O)[nH]2)cc1. The Bertz CT molecular complexity index is 2000. The molecule has 0 aliphatic rings. The molecule has 0 aliphatic carbocycles. The normalized spacial score (nSPS) is 11.4. The van der Waals surface area contributed by atoms with E-state index in [-0.39, 0.29) is 5.56 Å². The van der Waals surface area contributed by atoms with Crippen molar-refractivity contribution in [3.05, 3.63) is 122 Å². The molecule has 0 radical (unpaired) electrons. The van der Waals surface area contributed by atoms with Crippen molar-refractivity contribution in [3.8, 4) is 22.5 Å². The molecule has 9 heteroatoms. The lowest BCUT2D eigenvalue weighted by molar-refractivity contribution is 0.388. The molecule has 3 aromatic carbocycles. The fraction of sp³-hybridized carbons (Fsp3) is 0.242. The van der Waals surface area contributed by atoms with Gasteiger partial charge >= 0.3 is 5.76 Å². The number of hydrogen-bond donors (Lipinski definition) is 1. The average Bonchev–Trinajstić information content (AvgIpc) is 3.58. The number of nitrogens with zero attached hydrogens (tertiary/aromatic N) is 5. The van der Waals surface area contributed by atoms with E-state index < -0.39 is 5.76 Å². The Morgan fingerprint density at radius 3 is 2.38 bits per heavy atom.